The van der Waals surface area contributed by atoms with Crippen LogP contribution in [0.1, 0.15) is 45.7 Å². The molecule has 0 saturated heterocycles. The zero-order chi connectivity index (χ0) is 13.0. The van der Waals surface area contributed by atoms with Gasteiger partial charge < -0.3 is 5.73 Å². The monoisotopic (exact) mass is 219 g/mol. The molecular formula is C15H25N. The number of hydrogen-bond acceptors (Lipinski definition) is 1. The highest BCUT2D eigenvalue weighted by atomic mass is 14.6. The molecule has 2 N–H and O–H groups in total. The molecule has 0 fully saturated rings. The maximum absolute atomic E-state index is 5.78. The van der Waals surface area contributed by atoms with Crippen LogP contribution in [0.3, 0.4) is 0 Å². The molecular weight excluding hydrogens is 194 g/mol. The lowest BCUT2D eigenvalue weighted by Gasteiger charge is -2.04. The summed E-state index contributed by atoms with van der Waals surface area (Å²) in [5.41, 5.74) is 8.71. The SMILES string of the molecule is C=Cc1ccccc1/C(N)=C\C.CC.CC. The van der Waals surface area contributed by atoms with Gasteiger partial charge in [0, 0.05) is 11.3 Å². The summed E-state index contributed by atoms with van der Waals surface area (Å²) in [6, 6.07) is 7.94. The summed E-state index contributed by atoms with van der Waals surface area (Å²) >= 11 is 0. The van der Waals surface area contributed by atoms with Crippen LogP contribution in [0.4, 0.5) is 0 Å². The molecule has 1 aromatic rings. The molecule has 0 spiro atoms. The predicted molar refractivity (Wildman–Crippen MR) is 77.1 cm³/mol. The van der Waals surface area contributed by atoms with E-state index >= 15 is 0 Å². The Kier molecular flexibility index (Phi) is 12.2. The number of hydrogen-bond donors (Lipinski definition) is 1. The molecule has 1 nitrogen and oxygen atoms in total. The molecule has 0 radical (unpaired) electrons. The van der Waals surface area contributed by atoms with Crippen molar-refractivity contribution < 1.29 is 0 Å². The molecule has 0 aliphatic rings. The molecule has 0 aromatic heterocycles. The highest BCUT2D eigenvalue weighted by Crippen LogP contribution is 2.15. The highest BCUT2D eigenvalue weighted by molar-refractivity contribution is 5.71. The Labute approximate surface area is 101 Å². The Morgan fingerprint density at radius 2 is 1.62 bits per heavy atom. The third-order valence-corrected chi connectivity index (χ3v) is 1.80. The van der Waals surface area contributed by atoms with Gasteiger partial charge in [-0.15, -0.1) is 0 Å². The summed E-state index contributed by atoms with van der Waals surface area (Å²) in [6.07, 6.45) is 3.70. The maximum Gasteiger partial charge on any atom is 0.0350 e. The zero-order valence-corrected chi connectivity index (χ0v) is 11.2. The third kappa shape index (κ3) is 5.40. The van der Waals surface area contributed by atoms with E-state index in [-0.39, 0.29) is 0 Å². The van der Waals surface area contributed by atoms with Crippen LogP contribution in [0.2, 0.25) is 0 Å². The molecule has 0 saturated carbocycles. The second kappa shape index (κ2) is 11.6. The average Bonchev–Trinajstić information content (AvgIpc) is 2.42. The molecule has 0 bridgehead atoms. The molecule has 0 unspecified atom stereocenters. The van der Waals surface area contributed by atoms with Crippen molar-refractivity contribution >= 4 is 11.8 Å². The van der Waals surface area contributed by atoms with E-state index in [1.807, 2.05) is 71.0 Å². The molecule has 16 heavy (non-hydrogen) atoms. The second-order valence-electron chi connectivity index (χ2n) is 2.54. The minimum atomic E-state index is 0.797. The fourth-order valence-electron chi connectivity index (χ4n) is 1.09. The van der Waals surface area contributed by atoms with Gasteiger partial charge in [-0.3, -0.25) is 0 Å². The zero-order valence-electron chi connectivity index (χ0n) is 11.2. The number of nitrogens with two attached hydrogens (primary N) is 1. The van der Waals surface area contributed by atoms with Crippen LogP contribution < -0.4 is 5.73 Å². The summed E-state index contributed by atoms with van der Waals surface area (Å²) in [7, 11) is 0. The van der Waals surface area contributed by atoms with E-state index < -0.39 is 0 Å². The van der Waals surface area contributed by atoms with Gasteiger partial charge in [0.25, 0.3) is 0 Å². The normalized spacial score (nSPS) is 9.19. The van der Waals surface area contributed by atoms with Crippen molar-refractivity contribution in [2.24, 2.45) is 5.73 Å². The molecule has 0 heterocycles. The van der Waals surface area contributed by atoms with Crippen LogP contribution in [0.5, 0.6) is 0 Å². The average molecular weight is 219 g/mol. The lowest BCUT2D eigenvalue weighted by atomic mass is 10.1. The first-order valence-corrected chi connectivity index (χ1v) is 5.93. The minimum absolute atomic E-state index is 0.797. The lowest BCUT2D eigenvalue weighted by molar-refractivity contribution is 1.47. The summed E-state index contributed by atoms with van der Waals surface area (Å²) in [4.78, 5) is 0. The van der Waals surface area contributed by atoms with Gasteiger partial charge in [-0.1, -0.05) is 70.7 Å². The van der Waals surface area contributed by atoms with Crippen molar-refractivity contribution in [3.05, 3.63) is 48.0 Å². The molecule has 0 atom stereocenters. The number of benzene rings is 1. The van der Waals surface area contributed by atoms with Gasteiger partial charge >= 0.3 is 0 Å². The minimum Gasteiger partial charge on any atom is -0.398 e. The highest BCUT2D eigenvalue weighted by Gasteiger charge is 1.98. The van der Waals surface area contributed by atoms with Gasteiger partial charge in [0.1, 0.15) is 0 Å². The fraction of sp³-hybridized carbons (Fsp3) is 0.333. The van der Waals surface area contributed by atoms with E-state index in [9.17, 15) is 0 Å². The van der Waals surface area contributed by atoms with Crippen LogP contribution >= 0.6 is 0 Å². The van der Waals surface area contributed by atoms with E-state index in [2.05, 4.69) is 6.58 Å². The van der Waals surface area contributed by atoms with Crippen molar-refractivity contribution in [2.75, 3.05) is 0 Å². The molecule has 90 valence electrons. The number of rotatable bonds is 2. The van der Waals surface area contributed by atoms with Gasteiger partial charge in [0.2, 0.25) is 0 Å². The van der Waals surface area contributed by atoms with Crippen LogP contribution in [0, 0.1) is 0 Å². The first-order valence-electron chi connectivity index (χ1n) is 5.93. The van der Waals surface area contributed by atoms with Crippen molar-refractivity contribution in [1.82, 2.24) is 0 Å². The smallest absolute Gasteiger partial charge is 0.0350 e. The summed E-state index contributed by atoms with van der Waals surface area (Å²) in [5.74, 6) is 0. The molecule has 0 aliphatic carbocycles. The molecule has 1 aromatic carbocycles. The van der Waals surface area contributed by atoms with Gasteiger partial charge in [0.15, 0.2) is 0 Å². The Balaban J connectivity index is 0. The second-order valence-corrected chi connectivity index (χ2v) is 2.54. The number of allylic oxidation sites excluding steroid dienone is 1. The van der Waals surface area contributed by atoms with E-state index in [0.29, 0.717) is 0 Å². The first kappa shape index (κ1) is 16.9. The Hall–Kier alpha value is -1.50. The van der Waals surface area contributed by atoms with Crippen LogP contribution in [-0.4, -0.2) is 0 Å². The lowest BCUT2D eigenvalue weighted by Crippen LogP contribution is -1.97. The maximum atomic E-state index is 5.78. The quantitative estimate of drug-likeness (QED) is 0.766. The van der Waals surface area contributed by atoms with Crippen molar-refractivity contribution in [1.29, 1.82) is 0 Å². The van der Waals surface area contributed by atoms with Crippen LogP contribution in [-0.2, 0) is 0 Å². The Morgan fingerprint density at radius 1 is 1.12 bits per heavy atom. The van der Waals surface area contributed by atoms with Crippen LogP contribution in [0.15, 0.2) is 36.9 Å². The predicted octanol–water partition coefficient (Wildman–Crippen LogP) is 4.70. The standard InChI is InChI=1S/C11H13N.2C2H6/c1-3-9-7-5-6-8-10(9)11(12)4-2;2*1-2/h3-8H,1,12H2,2H3;2*1-2H3/b11-4+;;. The molecule has 1 heteroatoms. The summed E-state index contributed by atoms with van der Waals surface area (Å²) in [5, 5.41) is 0. The van der Waals surface area contributed by atoms with Gasteiger partial charge in [-0.2, -0.15) is 0 Å². The third-order valence-electron chi connectivity index (χ3n) is 1.80. The topological polar surface area (TPSA) is 26.0 Å². The largest absolute Gasteiger partial charge is 0.398 e. The van der Waals surface area contributed by atoms with Crippen molar-refractivity contribution in [2.45, 2.75) is 34.6 Å². The first-order chi connectivity index (χ1) is 7.79. The van der Waals surface area contributed by atoms with Crippen molar-refractivity contribution in [3.63, 3.8) is 0 Å². The van der Waals surface area contributed by atoms with Gasteiger partial charge in [0.05, 0.1) is 0 Å². The molecule has 0 amide bonds. The Morgan fingerprint density at radius 3 is 2.06 bits per heavy atom. The Bertz CT molecular complexity index is 311. The van der Waals surface area contributed by atoms with Crippen molar-refractivity contribution in [3.8, 4) is 0 Å². The van der Waals surface area contributed by atoms with E-state index in [1.165, 1.54) is 0 Å². The van der Waals surface area contributed by atoms with Gasteiger partial charge in [-0.25, -0.2) is 0 Å². The summed E-state index contributed by atoms with van der Waals surface area (Å²) < 4.78 is 0. The van der Waals surface area contributed by atoms with Gasteiger partial charge in [-0.05, 0) is 12.5 Å². The van der Waals surface area contributed by atoms with Crippen LogP contribution in [0.25, 0.3) is 11.8 Å². The van der Waals surface area contributed by atoms with E-state index in [1.54, 1.807) is 0 Å². The molecule has 0 aliphatic heterocycles. The molecule has 1 rings (SSSR count). The summed E-state index contributed by atoms with van der Waals surface area (Å²) in [6.45, 7) is 13.7. The van der Waals surface area contributed by atoms with E-state index in [0.717, 1.165) is 16.8 Å². The fourth-order valence-corrected chi connectivity index (χ4v) is 1.09. The van der Waals surface area contributed by atoms with E-state index in [4.69, 9.17) is 5.73 Å².